The lowest BCUT2D eigenvalue weighted by Gasteiger charge is -1.79. The number of nitrogens with zero attached hydrogens (tertiary/aromatic N) is 1. The highest BCUT2D eigenvalue weighted by molar-refractivity contribution is 5.85. The third kappa shape index (κ3) is 1.99. The highest BCUT2D eigenvalue weighted by atomic mass is 35.5. The normalized spacial score (nSPS) is 8.67. The first kappa shape index (κ1) is 8.39. The third-order valence-electron chi connectivity index (χ3n) is 0.820. The second kappa shape index (κ2) is 3.42. The zero-order valence-corrected chi connectivity index (χ0v) is 5.41. The number of nitrogens with two attached hydrogens (primary N) is 1. The van der Waals surface area contributed by atoms with E-state index in [0.717, 1.165) is 0 Å². The largest absolute Gasteiger partial charge is 0.325 e. The van der Waals surface area contributed by atoms with E-state index in [1.165, 1.54) is 6.07 Å². The minimum absolute atomic E-state index is 0. The second-order valence-corrected chi connectivity index (χ2v) is 1.42. The van der Waals surface area contributed by atoms with Crippen LogP contribution in [0.5, 0.6) is 0 Å². The van der Waals surface area contributed by atoms with Crippen LogP contribution in [-0.2, 0) is 6.54 Å². The summed E-state index contributed by atoms with van der Waals surface area (Å²) in [5.41, 5.74) is 5.74. The second-order valence-electron chi connectivity index (χ2n) is 1.42. The van der Waals surface area contributed by atoms with Gasteiger partial charge in [-0.2, -0.15) is 4.39 Å². The van der Waals surface area contributed by atoms with Crippen molar-refractivity contribution in [2.24, 2.45) is 5.73 Å². The van der Waals surface area contributed by atoms with Gasteiger partial charge >= 0.3 is 0 Å². The fourth-order valence-corrected chi connectivity index (χ4v) is 0.438. The summed E-state index contributed by atoms with van der Waals surface area (Å²) in [6.45, 7) is 0.302. The Kier molecular flexibility index (Phi) is 3.19. The Morgan fingerprint density at radius 1 is 1.78 bits per heavy atom. The molecule has 0 aliphatic carbocycles. The molecule has 0 aliphatic heterocycles. The Morgan fingerprint density at radius 2 is 2.44 bits per heavy atom. The van der Waals surface area contributed by atoms with Crippen molar-refractivity contribution < 1.29 is 4.39 Å². The van der Waals surface area contributed by atoms with Crippen LogP contribution in [0.25, 0.3) is 0 Å². The molecule has 52 valence electrons. The molecule has 0 aliphatic rings. The monoisotopic (exact) mass is 151 g/mol. The van der Waals surface area contributed by atoms with Crippen molar-refractivity contribution in [2.75, 3.05) is 0 Å². The van der Waals surface area contributed by atoms with E-state index in [0.29, 0.717) is 12.2 Å². The summed E-state index contributed by atoms with van der Waals surface area (Å²) in [5, 5.41) is 5.62. The van der Waals surface area contributed by atoms with Crippen LogP contribution >= 0.6 is 12.4 Å². The van der Waals surface area contributed by atoms with Gasteiger partial charge in [0.05, 0.1) is 5.69 Å². The molecule has 0 aromatic carbocycles. The molecular weight excluding hydrogens is 145 g/mol. The number of aromatic nitrogens is 2. The minimum Gasteiger partial charge on any atom is -0.325 e. The molecule has 1 rings (SSSR count). The SMILES string of the molecule is Cl.NCc1cc(F)n[nH]1. The first-order valence-corrected chi connectivity index (χ1v) is 2.23. The van der Waals surface area contributed by atoms with E-state index in [1.54, 1.807) is 0 Å². The van der Waals surface area contributed by atoms with Gasteiger partial charge in [0.1, 0.15) is 0 Å². The Hall–Kier alpha value is -0.610. The van der Waals surface area contributed by atoms with Crippen molar-refractivity contribution in [3.8, 4) is 0 Å². The van der Waals surface area contributed by atoms with Gasteiger partial charge in [0, 0.05) is 12.6 Å². The lowest BCUT2D eigenvalue weighted by atomic mass is 10.4. The lowest BCUT2D eigenvalue weighted by molar-refractivity contribution is 0.579. The quantitative estimate of drug-likeness (QED) is 0.612. The van der Waals surface area contributed by atoms with E-state index in [2.05, 4.69) is 10.2 Å². The molecule has 1 heterocycles. The maximum atomic E-state index is 11.9. The molecule has 0 unspecified atom stereocenters. The number of rotatable bonds is 1. The van der Waals surface area contributed by atoms with Crippen LogP contribution in [-0.4, -0.2) is 10.2 Å². The van der Waals surface area contributed by atoms with Gasteiger partial charge in [0.15, 0.2) is 0 Å². The maximum Gasteiger partial charge on any atom is 0.232 e. The molecule has 1 aromatic rings. The average molecular weight is 152 g/mol. The molecule has 0 atom stereocenters. The van der Waals surface area contributed by atoms with Crippen molar-refractivity contribution in [3.63, 3.8) is 0 Å². The average Bonchev–Trinajstić information content (AvgIpc) is 2.14. The van der Waals surface area contributed by atoms with Gasteiger partial charge in [-0.3, -0.25) is 5.10 Å². The van der Waals surface area contributed by atoms with Gasteiger partial charge in [-0.25, -0.2) is 0 Å². The van der Waals surface area contributed by atoms with Gasteiger partial charge in [-0.15, -0.1) is 17.5 Å². The van der Waals surface area contributed by atoms with E-state index < -0.39 is 5.95 Å². The molecule has 0 bridgehead atoms. The highest BCUT2D eigenvalue weighted by Gasteiger charge is 1.93. The van der Waals surface area contributed by atoms with Crippen LogP contribution in [0.4, 0.5) is 4.39 Å². The zero-order chi connectivity index (χ0) is 5.98. The molecule has 1 aromatic heterocycles. The standard InChI is InChI=1S/C4H6FN3.ClH/c5-4-1-3(2-6)7-8-4;/h1H,2,6H2,(H,7,8);1H. The van der Waals surface area contributed by atoms with Gasteiger partial charge in [0.25, 0.3) is 0 Å². The van der Waals surface area contributed by atoms with Gasteiger partial charge in [-0.05, 0) is 0 Å². The number of halogens is 2. The van der Waals surface area contributed by atoms with Crippen LogP contribution in [0.3, 0.4) is 0 Å². The van der Waals surface area contributed by atoms with Crippen molar-refractivity contribution in [3.05, 3.63) is 17.7 Å². The summed E-state index contributed by atoms with van der Waals surface area (Å²) in [4.78, 5) is 0. The fraction of sp³-hybridized carbons (Fsp3) is 0.250. The smallest absolute Gasteiger partial charge is 0.232 e. The van der Waals surface area contributed by atoms with Crippen LogP contribution in [0, 0.1) is 5.95 Å². The Morgan fingerprint density at radius 3 is 2.67 bits per heavy atom. The van der Waals surface area contributed by atoms with Crippen LogP contribution in [0.15, 0.2) is 6.07 Å². The Labute approximate surface area is 57.9 Å². The van der Waals surface area contributed by atoms with E-state index in [9.17, 15) is 4.39 Å². The number of hydrogen-bond acceptors (Lipinski definition) is 2. The van der Waals surface area contributed by atoms with E-state index in [1.807, 2.05) is 0 Å². The first-order valence-electron chi connectivity index (χ1n) is 2.23. The molecule has 0 saturated carbocycles. The first-order chi connectivity index (χ1) is 3.83. The predicted molar refractivity (Wildman–Crippen MR) is 33.7 cm³/mol. The topological polar surface area (TPSA) is 54.7 Å². The predicted octanol–water partition coefficient (Wildman–Crippen LogP) is 0.429. The Balaban J connectivity index is 0.000000640. The molecule has 5 heteroatoms. The summed E-state index contributed by atoms with van der Waals surface area (Å²) in [6.07, 6.45) is 0. The summed E-state index contributed by atoms with van der Waals surface area (Å²) >= 11 is 0. The molecule has 3 nitrogen and oxygen atoms in total. The van der Waals surface area contributed by atoms with E-state index in [-0.39, 0.29) is 12.4 Å². The molecule has 0 radical (unpaired) electrons. The van der Waals surface area contributed by atoms with Crippen molar-refractivity contribution in [2.45, 2.75) is 6.54 Å². The number of H-pyrrole nitrogens is 1. The molecule has 0 spiro atoms. The summed E-state index contributed by atoms with van der Waals surface area (Å²) < 4.78 is 11.9. The van der Waals surface area contributed by atoms with Crippen molar-refractivity contribution in [1.29, 1.82) is 0 Å². The molecule has 9 heavy (non-hydrogen) atoms. The van der Waals surface area contributed by atoms with Crippen LogP contribution in [0.2, 0.25) is 0 Å². The highest BCUT2D eigenvalue weighted by Crippen LogP contribution is 1.93. The minimum atomic E-state index is -0.509. The molecule has 0 saturated heterocycles. The molecule has 0 amide bonds. The molecule has 0 fully saturated rings. The Bertz CT molecular complexity index is 176. The fourth-order valence-electron chi connectivity index (χ4n) is 0.438. The summed E-state index contributed by atoms with van der Waals surface area (Å²) in [5.74, 6) is -0.509. The number of aromatic amines is 1. The van der Waals surface area contributed by atoms with Gasteiger partial charge in [-0.1, -0.05) is 0 Å². The summed E-state index contributed by atoms with van der Waals surface area (Å²) in [6, 6.07) is 1.26. The van der Waals surface area contributed by atoms with E-state index in [4.69, 9.17) is 5.73 Å². The zero-order valence-electron chi connectivity index (χ0n) is 4.60. The van der Waals surface area contributed by atoms with Gasteiger partial charge < -0.3 is 5.73 Å². The molecule has 3 N–H and O–H groups in total. The van der Waals surface area contributed by atoms with Crippen molar-refractivity contribution in [1.82, 2.24) is 10.2 Å². The lowest BCUT2D eigenvalue weighted by Crippen LogP contribution is -1.95. The van der Waals surface area contributed by atoms with E-state index >= 15 is 0 Å². The summed E-state index contributed by atoms with van der Waals surface area (Å²) in [7, 11) is 0. The third-order valence-corrected chi connectivity index (χ3v) is 0.820. The van der Waals surface area contributed by atoms with Crippen LogP contribution in [0.1, 0.15) is 5.69 Å². The van der Waals surface area contributed by atoms with Crippen molar-refractivity contribution >= 4 is 12.4 Å². The molecular formula is C4H7ClFN3. The van der Waals surface area contributed by atoms with Crippen LogP contribution < -0.4 is 5.73 Å². The number of nitrogens with one attached hydrogen (secondary N) is 1. The van der Waals surface area contributed by atoms with Gasteiger partial charge in [0.2, 0.25) is 5.95 Å². The maximum absolute atomic E-state index is 11.9. The number of hydrogen-bond donors (Lipinski definition) is 2.